The predicted octanol–water partition coefficient (Wildman–Crippen LogP) is -2.15. The van der Waals surface area contributed by atoms with E-state index >= 15 is 0 Å². The molecule has 10 nitrogen and oxygen atoms in total. The highest BCUT2D eigenvalue weighted by molar-refractivity contribution is 5.89. The molecule has 2 fully saturated rings. The average Bonchev–Trinajstić information content (AvgIpc) is 2.96. The number of fused-ring (bicyclic) bond motifs is 1. The van der Waals surface area contributed by atoms with E-state index in [-0.39, 0.29) is 11.5 Å². The highest BCUT2D eigenvalue weighted by Gasteiger charge is 2.53. The van der Waals surface area contributed by atoms with Gasteiger partial charge in [0.05, 0.1) is 31.7 Å². The van der Waals surface area contributed by atoms with Gasteiger partial charge in [-0.15, -0.1) is 0 Å². The van der Waals surface area contributed by atoms with E-state index in [4.69, 9.17) is 18.9 Å². The Morgan fingerprint density at radius 3 is 2.52 bits per heavy atom. The molecule has 0 aromatic heterocycles. The van der Waals surface area contributed by atoms with Gasteiger partial charge in [0, 0.05) is 11.8 Å². The first-order valence-corrected chi connectivity index (χ1v) is 8.88. The highest BCUT2D eigenvalue weighted by Crippen LogP contribution is 2.47. The third-order valence-electron chi connectivity index (χ3n) is 5.64. The molecule has 0 spiro atoms. The Hall–Kier alpha value is -1.27. The van der Waals surface area contributed by atoms with Crippen molar-refractivity contribution in [1.82, 2.24) is 0 Å². The van der Waals surface area contributed by atoms with Crippen molar-refractivity contribution in [1.29, 1.82) is 0 Å². The van der Waals surface area contributed by atoms with Crippen LogP contribution in [0.2, 0.25) is 0 Å². The third-order valence-corrected chi connectivity index (χ3v) is 5.64. The maximum absolute atomic E-state index is 12.0. The Morgan fingerprint density at radius 1 is 1.19 bits per heavy atom. The largest absolute Gasteiger partial charge is 0.472 e. The first kappa shape index (κ1) is 20.5. The van der Waals surface area contributed by atoms with Gasteiger partial charge >= 0.3 is 5.97 Å². The zero-order valence-electron chi connectivity index (χ0n) is 15.0. The van der Waals surface area contributed by atoms with E-state index < -0.39 is 67.5 Å². The van der Waals surface area contributed by atoms with Crippen molar-refractivity contribution < 1.29 is 49.3 Å². The molecule has 27 heavy (non-hydrogen) atoms. The van der Waals surface area contributed by atoms with E-state index in [2.05, 4.69) is 0 Å². The third kappa shape index (κ3) is 3.58. The fraction of sp³-hybridized carbons (Fsp3) is 0.824. The Kier molecular flexibility index (Phi) is 6.06. The van der Waals surface area contributed by atoms with E-state index in [1.807, 2.05) is 6.92 Å². The molecule has 0 aromatic rings. The quantitative estimate of drug-likeness (QED) is 0.336. The van der Waals surface area contributed by atoms with Crippen molar-refractivity contribution in [2.45, 2.75) is 56.4 Å². The van der Waals surface area contributed by atoms with Crippen molar-refractivity contribution in [3.05, 3.63) is 11.8 Å². The second-order valence-corrected chi connectivity index (χ2v) is 7.29. The summed E-state index contributed by atoms with van der Waals surface area (Å²) in [5.41, 5.74) is 0.202. The predicted molar refractivity (Wildman–Crippen MR) is 86.6 cm³/mol. The fourth-order valence-electron chi connectivity index (χ4n) is 4.19. The van der Waals surface area contributed by atoms with Crippen molar-refractivity contribution in [3.8, 4) is 0 Å². The zero-order valence-corrected chi connectivity index (χ0v) is 15.0. The smallest absolute Gasteiger partial charge is 0.337 e. The van der Waals surface area contributed by atoms with Gasteiger partial charge in [0.25, 0.3) is 0 Å². The van der Waals surface area contributed by atoms with Crippen LogP contribution in [0.25, 0.3) is 0 Å². The molecule has 10 atom stereocenters. The molecule has 0 bridgehead atoms. The highest BCUT2D eigenvalue weighted by atomic mass is 16.8. The Labute approximate surface area is 155 Å². The lowest BCUT2D eigenvalue weighted by Crippen LogP contribution is -2.60. The maximum Gasteiger partial charge on any atom is 0.337 e. The molecular weight excluding hydrogens is 364 g/mol. The van der Waals surface area contributed by atoms with Gasteiger partial charge < -0.3 is 44.5 Å². The number of esters is 1. The van der Waals surface area contributed by atoms with Crippen molar-refractivity contribution in [2.75, 3.05) is 13.7 Å². The van der Waals surface area contributed by atoms with Crippen LogP contribution in [0.3, 0.4) is 0 Å². The number of aliphatic hydroxyl groups excluding tert-OH is 5. The molecule has 1 saturated carbocycles. The minimum absolute atomic E-state index is 0.0757. The summed E-state index contributed by atoms with van der Waals surface area (Å²) >= 11 is 0. The van der Waals surface area contributed by atoms with Crippen LogP contribution < -0.4 is 0 Å². The molecule has 1 saturated heterocycles. The number of carbonyl (C=O) groups is 1. The summed E-state index contributed by atoms with van der Waals surface area (Å²) in [5, 5.41) is 49.6. The molecule has 5 N–H and O–H groups in total. The van der Waals surface area contributed by atoms with Gasteiger partial charge in [0.1, 0.15) is 24.4 Å². The first-order chi connectivity index (χ1) is 12.8. The number of hydrogen-bond donors (Lipinski definition) is 5. The lowest BCUT2D eigenvalue weighted by molar-refractivity contribution is -0.342. The molecule has 3 rings (SSSR count). The summed E-state index contributed by atoms with van der Waals surface area (Å²) in [6.07, 6.45) is -7.31. The molecule has 0 amide bonds. The number of methoxy groups -OCH3 is 1. The first-order valence-electron chi connectivity index (χ1n) is 8.88. The molecular formula is C17H26O10. The molecule has 2 heterocycles. The number of rotatable bonds is 4. The summed E-state index contributed by atoms with van der Waals surface area (Å²) in [6.45, 7) is 1.30. The van der Waals surface area contributed by atoms with Crippen molar-refractivity contribution in [3.63, 3.8) is 0 Å². The second-order valence-electron chi connectivity index (χ2n) is 7.29. The van der Waals surface area contributed by atoms with Crippen molar-refractivity contribution >= 4 is 5.97 Å². The maximum atomic E-state index is 12.0. The summed E-state index contributed by atoms with van der Waals surface area (Å²) in [7, 11) is 1.24. The summed E-state index contributed by atoms with van der Waals surface area (Å²) in [5.74, 6) is -1.68. The van der Waals surface area contributed by atoms with Gasteiger partial charge in [-0.3, -0.25) is 0 Å². The zero-order chi connectivity index (χ0) is 19.9. The van der Waals surface area contributed by atoms with Gasteiger partial charge in [0.2, 0.25) is 6.29 Å². The number of ether oxygens (including phenoxy) is 4. The summed E-state index contributed by atoms with van der Waals surface area (Å²) < 4.78 is 21.3. The average molecular weight is 390 g/mol. The van der Waals surface area contributed by atoms with Gasteiger partial charge in [-0.05, 0) is 12.3 Å². The van der Waals surface area contributed by atoms with Gasteiger partial charge in [-0.1, -0.05) is 6.92 Å². The fourth-order valence-corrected chi connectivity index (χ4v) is 4.19. The SMILES string of the molecule is COC(=O)C1=CO[C@@H](O[C@@H]2O[C@H](CO)[C@@H](O)[C@H](O)[C@H]2O)C2C(C)CC(O)C12. The lowest BCUT2D eigenvalue weighted by atomic mass is 9.82. The number of carbonyl (C=O) groups excluding carboxylic acids is 1. The van der Waals surface area contributed by atoms with Crippen LogP contribution in [0.5, 0.6) is 0 Å². The van der Waals surface area contributed by atoms with E-state index in [1.54, 1.807) is 0 Å². The van der Waals surface area contributed by atoms with Crippen LogP contribution in [-0.2, 0) is 23.7 Å². The van der Waals surface area contributed by atoms with E-state index in [1.165, 1.54) is 13.4 Å². The van der Waals surface area contributed by atoms with Crippen molar-refractivity contribution in [2.24, 2.45) is 17.8 Å². The molecule has 0 aromatic carbocycles. The Balaban J connectivity index is 1.80. The molecule has 2 aliphatic heterocycles. The van der Waals surface area contributed by atoms with Crippen LogP contribution in [-0.4, -0.2) is 88.3 Å². The number of hydrogen-bond acceptors (Lipinski definition) is 10. The topological polar surface area (TPSA) is 155 Å². The van der Waals surface area contributed by atoms with E-state index in [0.29, 0.717) is 6.42 Å². The molecule has 3 aliphatic rings. The molecule has 154 valence electrons. The Bertz CT molecular complexity index is 578. The standard InChI is InChI=1S/C17H26O10/c1-6-3-8(19)11-7(15(23)24-2)5-25-16(10(6)11)27-17-14(22)13(21)12(20)9(4-18)26-17/h5-6,8-14,16-22H,3-4H2,1-2H3/t6?,8?,9-,10?,11?,12-,13+,14-,16+,17+/m1/s1. The van der Waals surface area contributed by atoms with Crippen LogP contribution >= 0.6 is 0 Å². The summed E-state index contributed by atoms with van der Waals surface area (Å²) in [6, 6.07) is 0. The summed E-state index contributed by atoms with van der Waals surface area (Å²) in [4.78, 5) is 12.0. The van der Waals surface area contributed by atoms with Gasteiger partial charge in [-0.2, -0.15) is 0 Å². The normalized spacial score (nSPS) is 47.0. The minimum atomic E-state index is -1.58. The monoisotopic (exact) mass is 390 g/mol. The van der Waals surface area contributed by atoms with Gasteiger partial charge in [-0.25, -0.2) is 4.79 Å². The van der Waals surface area contributed by atoms with Crippen LogP contribution in [0.1, 0.15) is 13.3 Å². The second kappa shape index (κ2) is 8.00. The lowest BCUT2D eigenvalue weighted by Gasteiger charge is -2.43. The van der Waals surface area contributed by atoms with E-state index in [0.717, 1.165) is 0 Å². The molecule has 10 heteroatoms. The molecule has 0 radical (unpaired) electrons. The van der Waals surface area contributed by atoms with Gasteiger partial charge in [0.15, 0.2) is 6.29 Å². The Morgan fingerprint density at radius 2 is 1.89 bits per heavy atom. The van der Waals surface area contributed by atoms with Crippen LogP contribution in [0.4, 0.5) is 0 Å². The van der Waals surface area contributed by atoms with Crippen LogP contribution in [0.15, 0.2) is 11.8 Å². The number of aliphatic hydroxyl groups is 5. The molecule has 4 unspecified atom stereocenters. The van der Waals surface area contributed by atoms with E-state index in [9.17, 15) is 30.3 Å². The minimum Gasteiger partial charge on any atom is -0.472 e. The molecule has 1 aliphatic carbocycles. The van der Waals surface area contributed by atoms with Crippen LogP contribution in [0, 0.1) is 17.8 Å².